The van der Waals surface area contributed by atoms with Crippen LogP contribution >= 0.6 is 0 Å². The average Bonchev–Trinajstić information content (AvgIpc) is 3.09. The Labute approximate surface area is 146 Å². The Bertz CT molecular complexity index is 857. The molecule has 1 saturated carbocycles. The number of rotatable bonds is 3. The number of pyridine rings is 1. The smallest absolute Gasteiger partial charge is 0.267 e. The Morgan fingerprint density at radius 1 is 1.20 bits per heavy atom. The molecule has 0 aliphatic heterocycles. The SMILES string of the molecule is N#Cc1ccc(NC2CCC(n3nc4c(cc3=O)CCC4)CC2)nc1. The van der Waals surface area contributed by atoms with Gasteiger partial charge in [-0.05, 0) is 62.6 Å². The molecule has 128 valence electrons. The van der Waals surface area contributed by atoms with Crippen molar-refractivity contribution >= 4 is 5.82 Å². The van der Waals surface area contributed by atoms with Crippen LogP contribution in [0.3, 0.4) is 0 Å². The fourth-order valence-corrected chi connectivity index (χ4v) is 3.90. The molecule has 25 heavy (non-hydrogen) atoms. The Morgan fingerprint density at radius 3 is 2.76 bits per heavy atom. The molecule has 0 amide bonds. The summed E-state index contributed by atoms with van der Waals surface area (Å²) in [5.41, 5.74) is 2.87. The van der Waals surface area contributed by atoms with E-state index in [4.69, 9.17) is 5.26 Å². The van der Waals surface area contributed by atoms with Gasteiger partial charge in [-0.15, -0.1) is 0 Å². The Hall–Kier alpha value is -2.68. The molecule has 0 radical (unpaired) electrons. The molecular formula is C19H21N5O. The Kier molecular flexibility index (Phi) is 4.22. The van der Waals surface area contributed by atoms with Crippen LogP contribution in [0.4, 0.5) is 5.82 Å². The normalized spacial score (nSPS) is 22.2. The van der Waals surface area contributed by atoms with Crippen LogP contribution in [-0.4, -0.2) is 20.8 Å². The maximum Gasteiger partial charge on any atom is 0.267 e. The lowest BCUT2D eigenvalue weighted by Gasteiger charge is -2.30. The first kappa shape index (κ1) is 15.8. The standard InChI is InChI=1S/C19H21N5O/c20-11-13-4-9-18(21-12-13)22-15-5-7-16(8-6-15)24-19(25)10-14-2-1-3-17(14)23-24/h4,9-10,12,15-16H,1-3,5-8H2,(H,21,22). The molecular weight excluding hydrogens is 314 g/mol. The third kappa shape index (κ3) is 3.27. The third-order valence-electron chi connectivity index (χ3n) is 5.27. The van der Waals surface area contributed by atoms with E-state index >= 15 is 0 Å². The zero-order valence-electron chi connectivity index (χ0n) is 14.1. The van der Waals surface area contributed by atoms with Gasteiger partial charge in [0.25, 0.3) is 5.56 Å². The van der Waals surface area contributed by atoms with E-state index < -0.39 is 0 Å². The van der Waals surface area contributed by atoms with E-state index in [1.807, 2.05) is 6.07 Å². The van der Waals surface area contributed by atoms with E-state index in [0.717, 1.165) is 62.0 Å². The third-order valence-corrected chi connectivity index (χ3v) is 5.27. The first-order valence-electron chi connectivity index (χ1n) is 8.97. The molecule has 1 N–H and O–H groups in total. The molecule has 2 heterocycles. The number of nitrogens with zero attached hydrogens (tertiary/aromatic N) is 4. The van der Waals surface area contributed by atoms with Crippen molar-refractivity contribution in [3.8, 4) is 6.07 Å². The first-order valence-corrected chi connectivity index (χ1v) is 8.97. The van der Waals surface area contributed by atoms with Crippen LogP contribution in [0.5, 0.6) is 0 Å². The van der Waals surface area contributed by atoms with Crippen molar-refractivity contribution in [2.45, 2.75) is 57.0 Å². The monoisotopic (exact) mass is 335 g/mol. The molecule has 0 aromatic carbocycles. The molecule has 2 aliphatic rings. The molecule has 6 heteroatoms. The van der Waals surface area contributed by atoms with E-state index in [1.165, 1.54) is 0 Å². The summed E-state index contributed by atoms with van der Waals surface area (Å²) < 4.78 is 1.72. The van der Waals surface area contributed by atoms with Crippen LogP contribution in [0.2, 0.25) is 0 Å². The second-order valence-corrected chi connectivity index (χ2v) is 6.95. The Morgan fingerprint density at radius 2 is 2.04 bits per heavy atom. The van der Waals surface area contributed by atoms with Crippen molar-refractivity contribution in [1.82, 2.24) is 14.8 Å². The highest BCUT2D eigenvalue weighted by atomic mass is 16.1. The molecule has 1 fully saturated rings. The zero-order chi connectivity index (χ0) is 17.2. The largest absolute Gasteiger partial charge is 0.367 e. The second kappa shape index (κ2) is 6.67. The van der Waals surface area contributed by atoms with Gasteiger partial charge in [0.05, 0.1) is 17.3 Å². The molecule has 0 atom stereocenters. The zero-order valence-corrected chi connectivity index (χ0v) is 14.1. The van der Waals surface area contributed by atoms with Gasteiger partial charge in [-0.2, -0.15) is 10.4 Å². The van der Waals surface area contributed by atoms with Crippen molar-refractivity contribution in [3.63, 3.8) is 0 Å². The summed E-state index contributed by atoms with van der Waals surface area (Å²) in [6.45, 7) is 0. The maximum atomic E-state index is 12.4. The van der Waals surface area contributed by atoms with Crippen molar-refractivity contribution < 1.29 is 0 Å². The van der Waals surface area contributed by atoms with E-state index in [0.29, 0.717) is 11.6 Å². The Balaban J connectivity index is 1.40. The number of fused-ring (bicyclic) bond motifs is 1. The van der Waals surface area contributed by atoms with Crippen molar-refractivity contribution in [1.29, 1.82) is 5.26 Å². The number of nitrogens with one attached hydrogen (secondary N) is 1. The van der Waals surface area contributed by atoms with Crippen LogP contribution < -0.4 is 10.9 Å². The van der Waals surface area contributed by atoms with Gasteiger partial charge in [-0.25, -0.2) is 9.67 Å². The number of nitriles is 1. The molecule has 0 spiro atoms. The van der Waals surface area contributed by atoms with Crippen molar-refractivity contribution in [2.75, 3.05) is 5.32 Å². The van der Waals surface area contributed by atoms with E-state index in [1.54, 1.807) is 23.0 Å². The van der Waals surface area contributed by atoms with Crippen LogP contribution in [-0.2, 0) is 12.8 Å². The minimum absolute atomic E-state index is 0.0471. The summed E-state index contributed by atoms with van der Waals surface area (Å²) in [6, 6.07) is 8.03. The van der Waals surface area contributed by atoms with Gasteiger partial charge in [0.15, 0.2) is 0 Å². The van der Waals surface area contributed by atoms with Gasteiger partial charge < -0.3 is 5.32 Å². The van der Waals surface area contributed by atoms with Crippen LogP contribution in [0.25, 0.3) is 0 Å². The number of aryl methyl sites for hydroxylation is 2. The lowest BCUT2D eigenvalue weighted by atomic mass is 9.91. The van der Waals surface area contributed by atoms with Crippen LogP contribution in [0.15, 0.2) is 29.2 Å². The second-order valence-electron chi connectivity index (χ2n) is 6.95. The summed E-state index contributed by atoms with van der Waals surface area (Å²) in [7, 11) is 0. The molecule has 6 nitrogen and oxygen atoms in total. The van der Waals surface area contributed by atoms with Crippen LogP contribution in [0, 0.1) is 11.3 Å². The summed E-state index contributed by atoms with van der Waals surface area (Å²) >= 11 is 0. The quantitative estimate of drug-likeness (QED) is 0.932. The number of hydrogen-bond acceptors (Lipinski definition) is 5. The van der Waals surface area contributed by atoms with Crippen molar-refractivity contribution in [3.05, 3.63) is 51.6 Å². The predicted molar refractivity (Wildman–Crippen MR) is 94.4 cm³/mol. The lowest BCUT2D eigenvalue weighted by Crippen LogP contribution is -2.34. The van der Waals surface area contributed by atoms with Gasteiger partial charge in [0.2, 0.25) is 0 Å². The molecule has 0 saturated heterocycles. The fraction of sp³-hybridized carbons (Fsp3) is 0.474. The minimum atomic E-state index is 0.0471. The maximum absolute atomic E-state index is 12.4. The van der Waals surface area contributed by atoms with Gasteiger partial charge in [0, 0.05) is 18.3 Å². The highest BCUT2D eigenvalue weighted by molar-refractivity contribution is 5.39. The minimum Gasteiger partial charge on any atom is -0.367 e. The highest BCUT2D eigenvalue weighted by Crippen LogP contribution is 2.29. The molecule has 2 aliphatic carbocycles. The molecule has 2 aromatic rings. The van der Waals surface area contributed by atoms with Crippen molar-refractivity contribution in [2.24, 2.45) is 0 Å². The van der Waals surface area contributed by atoms with Gasteiger partial charge in [-0.3, -0.25) is 4.79 Å². The van der Waals surface area contributed by atoms with Gasteiger partial charge >= 0.3 is 0 Å². The molecule has 2 aromatic heterocycles. The summed E-state index contributed by atoms with van der Waals surface area (Å²) in [5, 5.41) is 16.9. The van der Waals surface area contributed by atoms with Gasteiger partial charge in [-0.1, -0.05) is 0 Å². The average molecular weight is 335 g/mol. The number of aromatic nitrogens is 3. The lowest BCUT2D eigenvalue weighted by molar-refractivity contribution is 0.301. The van der Waals surface area contributed by atoms with E-state index in [2.05, 4.69) is 21.5 Å². The summed E-state index contributed by atoms with van der Waals surface area (Å²) in [5.74, 6) is 0.801. The van der Waals surface area contributed by atoms with E-state index in [-0.39, 0.29) is 11.6 Å². The first-order chi connectivity index (χ1) is 12.2. The van der Waals surface area contributed by atoms with E-state index in [9.17, 15) is 4.79 Å². The fourth-order valence-electron chi connectivity index (χ4n) is 3.90. The number of anilines is 1. The molecule has 4 rings (SSSR count). The topological polar surface area (TPSA) is 83.6 Å². The number of hydrogen-bond donors (Lipinski definition) is 1. The summed E-state index contributed by atoms with van der Waals surface area (Å²) in [4.78, 5) is 16.6. The van der Waals surface area contributed by atoms with Gasteiger partial charge in [0.1, 0.15) is 11.9 Å². The predicted octanol–water partition coefficient (Wildman–Crippen LogP) is 2.59. The molecule has 0 bridgehead atoms. The molecule has 0 unspecified atom stereocenters. The van der Waals surface area contributed by atoms with Crippen LogP contribution in [0.1, 0.15) is 55.0 Å². The summed E-state index contributed by atoms with van der Waals surface area (Å²) in [6.07, 6.45) is 8.54. The highest BCUT2D eigenvalue weighted by Gasteiger charge is 2.25.